The van der Waals surface area contributed by atoms with Crippen molar-refractivity contribution in [1.82, 2.24) is 4.98 Å². The van der Waals surface area contributed by atoms with Crippen LogP contribution in [-0.2, 0) is 5.75 Å². The first kappa shape index (κ1) is 14.4. The Morgan fingerprint density at radius 2 is 2.11 bits per heavy atom. The van der Waals surface area contributed by atoms with Gasteiger partial charge in [0, 0.05) is 22.9 Å². The van der Waals surface area contributed by atoms with Gasteiger partial charge < -0.3 is 9.52 Å². The number of aromatic nitrogens is 1. The molecular weight excluding hydrogens is 282 g/mol. The van der Waals surface area contributed by atoms with Gasteiger partial charge in [-0.1, -0.05) is 18.5 Å². The maximum atomic E-state index is 8.95. The third kappa shape index (κ3) is 4.27. The highest BCUT2D eigenvalue weighted by atomic mass is 35.5. The number of aliphatic hydroxyl groups excluding tert-OH is 1. The van der Waals surface area contributed by atoms with E-state index in [-0.39, 0.29) is 6.61 Å². The van der Waals surface area contributed by atoms with E-state index in [0.29, 0.717) is 16.8 Å². The third-order valence-electron chi connectivity index (χ3n) is 2.61. The van der Waals surface area contributed by atoms with Crippen molar-refractivity contribution in [2.45, 2.75) is 12.7 Å². The monoisotopic (exact) mass is 297 g/mol. The number of nitrogens with zero attached hydrogens (tertiary/aromatic N) is 1. The topological polar surface area (TPSA) is 46.3 Å². The van der Waals surface area contributed by atoms with Crippen molar-refractivity contribution in [2.24, 2.45) is 5.92 Å². The molecular formula is C14H16ClNO2S. The Labute approximate surface area is 122 Å². The molecule has 0 aliphatic heterocycles. The van der Waals surface area contributed by atoms with Gasteiger partial charge in [0.15, 0.2) is 0 Å². The Kier molecular flexibility index (Phi) is 5.31. The quantitative estimate of drug-likeness (QED) is 0.879. The first-order valence-electron chi connectivity index (χ1n) is 6.08. The van der Waals surface area contributed by atoms with E-state index < -0.39 is 0 Å². The van der Waals surface area contributed by atoms with Crippen molar-refractivity contribution in [2.75, 3.05) is 12.4 Å². The lowest BCUT2D eigenvalue weighted by Crippen LogP contribution is -2.03. The van der Waals surface area contributed by atoms with Crippen LogP contribution in [0.3, 0.4) is 0 Å². The van der Waals surface area contributed by atoms with Crippen LogP contribution < -0.4 is 0 Å². The van der Waals surface area contributed by atoms with Gasteiger partial charge in [0.2, 0.25) is 5.89 Å². The predicted molar refractivity (Wildman–Crippen MR) is 79.4 cm³/mol. The fraction of sp³-hybridized carbons (Fsp3) is 0.357. The lowest BCUT2D eigenvalue weighted by molar-refractivity contribution is 0.250. The largest absolute Gasteiger partial charge is 0.444 e. The molecule has 1 heterocycles. The van der Waals surface area contributed by atoms with Gasteiger partial charge in [-0.2, -0.15) is 11.8 Å². The van der Waals surface area contributed by atoms with Gasteiger partial charge in [0.05, 0.1) is 5.69 Å². The number of hydrogen-bond acceptors (Lipinski definition) is 4. The lowest BCUT2D eigenvalue weighted by atomic mass is 10.2. The Hall–Kier alpha value is -0.970. The molecule has 1 aromatic heterocycles. The minimum absolute atomic E-state index is 0.224. The van der Waals surface area contributed by atoms with Crippen LogP contribution in [0.2, 0.25) is 5.02 Å². The standard InChI is InChI=1S/C14H16ClNO2S/c1-10(6-17)8-19-9-13-7-18-14(16-13)11-2-4-12(15)5-3-11/h2-5,7,10,17H,6,8-9H2,1H3. The van der Waals surface area contributed by atoms with Gasteiger partial charge in [-0.3, -0.25) is 0 Å². The summed E-state index contributed by atoms with van der Waals surface area (Å²) in [6, 6.07) is 7.41. The highest BCUT2D eigenvalue weighted by Crippen LogP contribution is 2.22. The molecule has 2 rings (SSSR count). The normalized spacial score (nSPS) is 12.6. The maximum Gasteiger partial charge on any atom is 0.226 e. The van der Waals surface area contributed by atoms with Crippen LogP contribution in [0, 0.1) is 5.92 Å². The maximum absolute atomic E-state index is 8.95. The molecule has 1 unspecified atom stereocenters. The summed E-state index contributed by atoms with van der Waals surface area (Å²) in [6.45, 7) is 2.25. The van der Waals surface area contributed by atoms with Crippen molar-refractivity contribution in [3.8, 4) is 11.5 Å². The van der Waals surface area contributed by atoms with E-state index in [2.05, 4.69) is 4.98 Å². The van der Waals surface area contributed by atoms with Gasteiger partial charge >= 0.3 is 0 Å². The molecule has 102 valence electrons. The van der Waals surface area contributed by atoms with Gasteiger partial charge in [-0.15, -0.1) is 0 Å². The zero-order valence-corrected chi connectivity index (χ0v) is 12.2. The van der Waals surface area contributed by atoms with E-state index in [1.54, 1.807) is 18.0 Å². The molecule has 3 nitrogen and oxygen atoms in total. The van der Waals surface area contributed by atoms with E-state index in [0.717, 1.165) is 22.8 Å². The molecule has 0 aliphatic carbocycles. The number of rotatable bonds is 6. The molecule has 1 N–H and O–H groups in total. The SMILES string of the molecule is CC(CO)CSCc1coc(-c2ccc(Cl)cc2)n1. The summed E-state index contributed by atoms with van der Waals surface area (Å²) < 4.78 is 5.46. The van der Waals surface area contributed by atoms with Crippen LogP contribution >= 0.6 is 23.4 Å². The molecule has 0 aliphatic rings. The summed E-state index contributed by atoms with van der Waals surface area (Å²) in [4.78, 5) is 4.44. The van der Waals surface area contributed by atoms with Crippen LogP contribution in [0.4, 0.5) is 0 Å². The minimum Gasteiger partial charge on any atom is -0.444 e. The Bertz CT molecular complexity index is 512. The van der Waals surface area contributed by atoms with E-state index in [4.69, 9.17) is 21.1 Å². The zero-order valence-electron chi connectivity index (χ0n) is 10.7. The molecule has 5 heteroatoms. The molecule has 0 saturated heterocycles. The molecule has 2 aromatic rings. The highest BCUT2D eigenvalue weighted by molar-refractivity contribution is 7.98. The second kappa shape index (κ2) is 6.98. The van der Waals surface area contributed by atoms with E-state index >= 15 is 0 Å². The van der Waals surface area contributed by atoms with Crippen LogP contribution in [-0.4, -0.2) is 22.5 Å². The number of hydrogen-bond donors (Lipinski definition) is 1. The van der Waals surface area contributed by atoms with Crippen LogP contribution in [0.25, 0.3) is 11.5 Å². The number of oxazole rings is 1. The second-order valence-corrected chi connectivity index (χ2v) is 5.92. The van der Waals surface area contributed by atoms with Crippen molar-refractivity contribution in [3.05, 3.63) is 41.2 Å². The minimum atomic E-state index is 0.224. The lowest BCUT2D eigenvalue weighted by Gasteiger charge is -2.04. The van der Waals surface area contributed by atoms with Crippen molar-refractivity contribution < 1.29 is 9.52 Å². The van der Waals surface area contributed by atoms with E-state index in [1.165, 1.54) is 0 Å². The number of halogens is 1. The Morgan fingerprint density at radius 1 is 1.37 bits per heavy atom. The van der Waals surface area contributed by atoms with Gasteiger partial charge in [-0.25, -0.2) is 4.98 Å². The molecule has 0 amide bonds. The molecule has 1 aromatic carbocycles. The van der Waals surface area contributed by atoms with Gasteiger partial charge in [0.1, 0.15) is 6.26 Å². The van der Waals surface area contributed by atoms with E-state index in [9.17, 15) is 0 Å². The smallest absolute Gasteiger partial charge is 0.226 e. The third-order valence-corrected chi connectivity index (χ3v) is 4.16. The molecule has 1 atom stereocenters. The summed E-state index contributed by atoms with van der Waals surface area (Å²) >= 11 is 7.59. The van der Waals surface area contributed by atoms with Crippen LogP contribution in [0.1, 0.15) is 12.6 Å². The molecule has 0 fully saturated rings. The number of aliphatic hydroxyl groups is 1. The second-order valence-electron chi connectivity index (χ2n) is 4.45. The van der Waals surface area contributed by atoms with Crippen molar-refractivity contribution in [1.29, 1.82) is 0 Å². The molecule has 19 heavy (non-hydrogen) atoms. The first-order valence-corrected chi connectivity index (χ1v) is 7.61. The molecule has 0 saturated carbocycles. The summed E-state index contributed by atoms with van der Waals surface area (Å²) in [5.74, 6) is 2.64. The van der Waals surface area contributed by atoms with E-state index in [1.807, 2.05) is 31.2 Å². The molecule has 0 radical (unpaired) electrons. The number of thioether (sulfide) groups is 1. The van der Waals surface area contributed by atoms with Gasteiger partial charge in [-0.05, 0) is 35.9 Å². The van der Waals surface area contributed by atoms with Crippen LogP contribution in [0.15, 0.2) is 34.9 Å². The zero-order chi connectivity index (χ0) is 13.7. The fourth-order valence-corrected chi connectivity index (χ4v) is 2.61. The number of benzene rings is 1. The first-order chi connectivity index (χ1) is 9.19. The fourth-order valence-electron chi connectivity index (χ4n) is 1.52. The summed E-state index contributed by atoms with van der Waals surface area (Å²) in [5, 5.41) is 9.65. The van der Waals surface area contributed by atoms with Crippen LogP contribution in [0.5, 0.6) is 0 Å². The Balaban J connectivity index is 1.93. The highest BCUT2D eigenvalue weighted by Gasteiger charge is 2.07. The average molecular weight is 298 g/mol. The van der Waals surface area contributed by atoms with Crippen molar-refractivity contribution >= 4 is 23.4 Å². The summed E-state index contributed by atoms with van der Waals surface area (Å²) in [7, 11) is 0. The summed E-state index contributed by atoms with van der Waals surface area (Å²) in [5.41, 5.74) is 1.84. The van der Waals surface area contributed by atoms with Gasteiger partial charge in [0.25, 0.3) is 0 Å². The molecule has 0 spiro atoms. The predicted octanol–water partition coefficient (Wildman–Crippen LogP) is 3.86. The van der Waals surface area contributed by atoms with Crippen molar-refractivity contribution in [3.63, 3.8) is 0 Å². The molecule has 0 bridgehead atoms. The average Bonchev–Trinajstić information content (AvgIpc) is 2.88. The summed E-state index contributed by atoms with van der Waals surface area (Å²) in [6.07, 6.45) is 1.68. The Morgan fingerprint density at radius 3 is 2.79 bits per heavy atom.